The molecule has 32 heavy (non-hydrogen) atoms. The molecule has 0 spiro atoms. The van der Waals surface area contributed by atoms with Crippen LogP contribution in [0.3, 0.4) is 0 Å². The standard InChI is InChI=1S/C29H46O3/c1-20(9-8-16-27(3,31)19-32-21(2)30)24-13-14-25-23-12-11-22-10-6-7-17-28(22,4)26(23)15-18-29(24,25)5/h11-12,20,24-26,31H,6-10,13-19H2,1-5H3/t20-,24-,25+,26+,27?,28+,29-/m1/s1. The van der Waals surface area contributed by atoms with Crippen LogP contribution in [0.1, 0.15) is 105 Å². The molecule has 0 aromatic carbocycles. The number of carbonyl (C=O) groups is 1. The number of hydrogen-bond acceptors (Lipinski definition) is 3. The zero-order chi connectivity index (χ0) is 23.1. The second-order valence-electron chi connectivity index (χ2n) is 12.5. The molecule has 0 amide bonds. The van der Waals surface area contributed by atoms with E-state index in [0.717, 1.165) is 30.6 Å². The largest absolute Gasteiger partial charge is 0.463 e. The van der Waals surface area contributed by atoms with E-state index in [-0.39, 0.29) is 12.6 Å². The predicted octanol–water partition coefficient (Wildman–Crippen LogP) is 7.00. The Labute approximate surface area is 196 Å². The van der Waals surface area contributed by atoms with Crippen molar-refractivity contribution in [3.63, 3.8) is 0 Å². The molecule has 3 fully saturated rings. The Kier molecular flexibility index (Phi) is 6.71. The van der Waals surface area contributed by atoms with E-state index in [1.807, 2.05) is 0 Å². The van der Waals surface area contributed by atoms with Gasteiger partial charge < -0.3 is 9.84 Å². The molecule has 3 saturated carbocycles. The summed E-state index contributed by atoms with van der Waals surface area (Å²) in [6.45, 7) is 10.9. The maximum Gasteiger partial charge on any atom is 0.302 e. The lowest BCUT2D eigenvalue weighted by molar-refractivity contribution is -0.148. The molecule has 0 bridgehead atoms. The van der Waals surface area contributed by atoms with E-state index >= 15 is 0 Å². The molecule has 3 nitrogen and oxygen atoms in total. The Morgan fingerprint density at radius 2 is 1.97 bits per heavy atom. The first-order valence-corrected chi connectivity index (χ1v) is 13.3. The normalized spacial score (nSPS) is 39.0. The molecule has 7 atom stereocenters. The van der Waals surface area contributed by atoms with Crippen LogP contribution in [0.15, 0.2) is 23.3 Å². The summed E-state index contributed by atoms with van der Waals surface area (Å²) in [4.78, 5) is 11.1. The molecule has 3 heteroatoms. The van der Waals surface area contributed by atoms with Crippen LogP contribution in [-0.4, -0.2) is 23.3 Å². The fourth-order valence-corrected chi connectivity index (χ4v) is 8.35. The van der Waals surface area contributed by atoms with Crippen molar-refractivity contribution in [1.29, 1.82) is 0 Å². The first-order chi connectivity index (χ1) is 15.1. The maximum absolute atomic E-state index is 11.1. The number of esters is 1. The van der Waals surface area contributed by atoms with Gasteiger partial charge >= 0.3 is 5.97 Å². The Morgan fingerprint density at radius 3 is 2.72 bits per heavy atom. The van der Waals surface area contributed by atoms with Gasteiger partial charge in [0.15, 0.2) is 0 Å². The summed E-state index contributed by atoms with van der Waals surface area (Å²) < 4.78 is 5.05. The Morgan fingerprint density at radius 1 is 1.19 bits per heavy atom. The summed E-state index contributed by atoms with van der Waals surface area (Å²) in [6, 6.07) is 0. The summed E-state index contributed by atoms with van der Waals surface area (Å²) in [5.74, 6) is 2.67. The molecule has 4 aliphatic rings. The van der Waals surface area contributed by atoms with Crippen molar-refractivity contribution in [1.82, 2.24) is 0 Å². The minimum absolute atomic E-state index is 0.101. The predicted molar refractivity (Wildman–Crippen MR) is 130 cm³/mol. The van der Waals surface area contributed by atoms with Gasteiger partial charge in [-0.15, -0.1) is 0 Å². The van der Waals surface area contributed by atoms with Crippen molar-refractivity contribution in [3.05, 3.63) is 23.3 Å². The van der Waals surface area contributed by atoms with E-state index in [9.17, 15) is 9.90 Å². The quantitative estimate of drug-likeness (QED) is 0.432. The van der Waals surface area contributed by atoms with Gasteiger partial charge in [-0.25, -0.2) is 0 Å². The fraction of sp³-hybridized carbons (Fsp3) is 0.828. The number of fused-ring (bicyclic) bond motifs is 5. The Bertz CT molecular complexity index is 777. The van der Waals surface area contributed by atoms with Crippen molar-refractivity contribution in [2.24, 2.45) is 34.5 Å². The number of ether oxygens (including phenoxy) is 1. The first-order valence-electron chi connectivity index (χ1n) is 13.3. The summed E-state index contributed by atoms with van der Waals surface area (Å²) in [5.41, 5.74) is 3.48. The number of allylic oxidation sites excluding steroid dienone is 4. The number of aliphatic hydroxyl groups is 1. The van der Waals surface area contributed by atoms with E-state index in [4.69, 9.17) is 4.74 Å². The smallest absolute Gasteiger partial charge is 0.302 e. The molecule has 4 aliphatic carbocycles. The van der Waals surface area contributed by atoms with Crippen LogP contribution in [0.4, 0.5) is 0 Å². The lowest BCUT2D eigenvalue weighted by Gasteiger charge is -2.54. The monoisotopic (exact) mass is 442 g/mol. The molecule has 4 rings (SSSR count). The third-order valence-corrected chi connectivity index (χ3v) is 10.2. The van der Waals surface area contributed by atoms with Crippen LogP contribution < -0.4 is 0 Å². The van der Waals surface area contributed by atoms with E-state index in [0.29, 0.717) is 23.2 Å². The molecule has 0 saturated heterocycles. The third kappa shape index (κ3) is 4.36. The van der Waals surface area contributed by atoms with Gasteiger partial charge in [0.2, 0.25) is 0 Å². The van der Waals surface area contributed by atoms with Crippen LogP contribution in [0.25, 0.3) is 0 Å². The first kappa shape index (κ1) is 24.0. The fourth-order valence-electron chi connectivity index (χ4n) is 8.35. The molecular weight excluding hydrogens is 396 g/mol. The van der Waals surface area contributed by atoms with E-state index in [1.54, 1.807) is 18.1 Å². The lowest BCUT2D eigenvalue weighted by Crippen LogP contribution is -2.45. The molecule has 180 valence electrons. The maximum atomic E-state index is 11.1. The molecule has 0 aromatic rings. The molecule has 0 aliphatic heterocycles. The summed E-state index contributed by atoms with van der Waals surface area (Å²) in [6.07, 6.45) is 18.9. The molecule has 0 radical (unpaired) electrons. The summed E-state index contributed by atoms with van der Waals surface area (Å²) in [5, 5.41) is 10.5. The number of carbonyl (C=O) groups excluding carboxylic acids is 1. The van der Waals surface area contributed by atoms with Gasteiger partial charge in [0.25, 0.3) is 0 Å². The van der Waals surface area contributed by atoms with E-state index in [2.05, 4.69) is 32.9 Å². The Hall–Kier alpha value is -1.09. The van der Waals surface area contributed by atoms with Crippen LogP contribution in [0.5, 0.6) is 0 Å². The molecule has 0 aromatic heterocycles. The van der Waals surface area contributed by atoms with Crippen molar-refractivity contribution in [3.8, 4) is 0 Å². The van der Waals surface area contributed by atoms with Crippen molar-refractivity contribution in [2.45, 2.75) is 111 Å². The van der Waals surface area contributed by atoms with Gasteiger partial charge in [-0.05, 0) is 92.8 Å². The van der Waals surface area contributed by atoms with E-state index < -0.39 is 5.60 Å². The zero-order valence-electron chi connectivity index (χ0n) is 21.2. The average molecular weight is 443 g/mol. The number of hydrogen-bond donors (Lipinski definition) is 1. The second kappa shape index (κ2) is 8.93. The van der Waals surface area contributed by atoms with Gasteiger partial charge in [0, 0.05) is 6.92 Å². The van der Waals surface area contributed by atoms with Gasteiger partial charge in [0.1, 0.15) is 6.61 Å². The van der Waals surface area contributed by atoms with Crippen LogP contribution >= 0.6 is 0 Å². The van der Waals surface area contributed by atoms with E-state index in [1.165, 1.54) is 58.3 Å². The van der Waals surface area contributed by atoms with Crippen molar-refractivity contribution in [2.75, 3.05) is 6.61 Å². The summed E-state index contributed by atoms with van der Waals surface area (Å²) >= 11 is 0. The molecular formula is C29H46O3. The minimum atomic E-state index is -0.919. The number of rotatable bonds is 7. The Balaban J connectivity index is 1.40. The molecule has 0 heterocycles. The van der Waals surface area contributed by atoms with Crippen LogP contribution in [-0.2, 0) is 9.53 Å². The van der Waals surface area contributed by atoms with Gasteiger partial charge in [-0.3, -0.25) is 4.79 Å². The lowest BCUT2D eigenvalue weighted by atomic mass is 9.50. The average Bonchev–Trinajstić information content (AvgIpc) is 3.09. The highest BCUT2D eigenvalue weighted by molar-refractivity contribution is 5.65. The highest BCUT2D eigenvalue weighted by Crippen LogP contribution is 2.66. The third-order valence-electron chi connectivity index (χ3n) is 10.2. The zero-order valence-corrected chi connectivity index (χ0v) is 21.2. The highest BCUT2D eigenvalue weighted by atomic mass is 16.5. The van der Waals surface area contributed by atoms with Gasteiger partial charge in [-0.1, -0.05) is 63.3 Å². The topological polar surface area (TPSA) is 46.5 Å². The van der Waals surface area contributed by atoms with Gasteiger partial charge in [-0.2, -0.15) is 0 Å². The molecule has 1 unspecified atom stereocenters. The second-order valence-corrected chi connectivity index (χ2v) is 12.5. The minimum Gasteiger partial charge on any atom is -0.463 e. The van der Waals surface area contributed by atoms with Crippen molar-refractivity contribution >= 4 is 5.97 Å². The molecule has 1 N–H and O–H groups in total. The van der Waals surface area contributed by atoms with Gasteiger partial charge in [0.05, 0.1) is 5.60 Å². The van der Waals surface area contributed by atoms with Crippen molar-refractivity contribution < 1.29 is 14.6 Å². The summed E-state index contributed by atoms with van der Waals surface area (Å²) in [7, 11) is 0. The van der Waals surface area contributed by atoms with Crippen LogP contribution in [0.2, 0.25) is 0 Å². The SMILES string of the molecule is CC(=O)OCC(C)(O)CCC[C@@H](C)[C@H]1CC[C@H]2C3=CC=C4CCCC[C@]4(C)[C@H]3CC[C@]12C. The van der Waals surface area contributed by atoms with Crippen LogP contribution in [0, 0.1) is 34.5 Å². The highest BCUT2D eigenvalue weighted by Gasteiger charge is 2.56.